The molecule has 7 unspecified atom stereocenters. The van der Waals surface area contributed by atoms with Crippen LogP contribution in [0.3, 0.4) is 0 Å². The second kappa shape index (κ2) is 30.7. The van der Waals surface area contributed by atoms with Gasteiger partial charge in [-0.2, -0.15) is 0 Å². The predicted octanol–water partition coefficient (Wildman–Crippen LogP) is 7.00. The standard InChI is InChI=1S/C39H75NO8/c1-3-5-7-9-11-13-15-16-17-18-19-21-23-25-27-29-35(43)40-32(31-47-39-38(46)37(45)36(44)34(30-41)48-39)33(42)28-26-24-22-20-14-12-10-8-6-4-2/h16-17,32-34,36-39,41-42,44-46H,3-15,18-31H2,1-2H3,(H,40,43)/b17-16-. The Balaban J connectivity index is 2.40. The van der Waals surface area contributed by atoms with Crippen molar-refractivity contribution in [3.8, 4) is 0 Å². The Labute approximate surface area is 293 Å². The fourth-order valence-corrected chi connectivity index (χ4v) is 6.33. The number of aliphatic hydroxyl groups excluding tert-OH is 5. The minimum atomic E-state index is -1.55. The first-order valence-corrected chi connectivity index (χ1v) is 19.9. The number of unbranched alkanes of at least 4 members (excludes halogenated alkanes) is 20. The van der Waals surface area contributed by atoms with Crippen molar-refractivity contribution in [3.05, 3.63) is 12.2 Å². The Kier molecular flexibility index (Phi) is 28.8. The molecule has 0 aromatic carbocycles. The van der Waals surface area contributed by atoms with Crippen LogP contribution in [-0.2, 0) is 14.3 Å². The molecule has 0 aromatic heterocycles. The number of carbonyl (C=O) groups is 1. The molecule has 1 amide bonds. The monoisotopic (exact) mass is 686 g/mol. The van der Waals surface area contributed by atoms with E-state index < -0.39 is 49.5 Å². The summed E-state index contributed by atoms with van der Waals surface area (Å²) in [7, 11) is 0. The van der Waals surface area contributed by atoms with Crippen molar-refractivity contribution in [2.75, 3.05) is 13.2 Å². The van der Waals surface area contributed by atoms with E-state index in [0.717, 1.165) is 51.4 Å². The van der Waals surface area contributed by atoms with Gasteiger partial charge in [-0.3, -0.25) is 4.79 Å². The van der Waals surface area contributed by atoms with E-state index in [2.05, 4.69) is 31.3 Å². The molecule has 0 aliphatic carbocycles. The topological polar surface area (TPSA) is 149 Å². The van der Waals surface area contributed by atoms with E-state index in [4.69, 9.17) is 9.47 Å². The summed E-state index contributed by atoms with van der Waals surface area (Å²) < 4.78 is 11.2. The number of amides is 1. The maximum atomic E-state index is 12.9. The number of nitrogens with one attached hydrogen (secondary N) is 1. The van der Waals surface area contributed by atoms with E-state index in [1.54, 1.807) is 0 Å². The quantitative estimate of drug-likeness (QED) is 0.0328. The highest BCUT2D eigenvalue weighted by molar-refractivity contribution is 5.76. The van der Waals surface area contributed by atoms with Crippen molar-refractivity contribution in [3.63, 3.8) is 0 Å². The molecule has 0 radical (unpaired) electrons. The molecule has 1 aliphatic rings. The lowest BCUT2D eigenvalue weighted by Gasteiger charge is -2.40. The largest absolute Gasteiger partial charge is 0.394 e. The molecule has 0 spiro atoms. The highest BCUT2D eigenvalue weighted by Crippen LogP contribution is 2.23. The molecule has 0 saturated carbocycles. The van der Waals surface area contributed by atoms with Crippen molar-refractivity contribution < 1.29 is 39.8 Å². The number of ether oxygens (including phenoxy) is 2. The second-order valence-corrected chi connectivity index (χ2v) is 14.1. The first-order valence-electron chi connectivity index (χ1n) is 19.9. The van der Waals surface area contributed by atoms with E-state index in [1.165, 1.54) is 96.3 Å². The van der Waals surface area contributed by atoms with Gasteiger partial charge in [0.2, 0.25) is 5.91 Å². The van der Waals surface area contributed by atoms with Gasteiger partial charge >= 0.3 is 0 Å². The lowest BCUT2D eigenvalue weighted by atomic mass is 9.99. The highest BCUT2D eigenvalue weighted by atomic mass is 16.7. The fraction of sp³-hybridized carbons (Fsp3) is 0.923. The van der Waals surface area contributed by atoms with Crippen molar-refractivity contribution in [2.24, 2.45) is 0 Å². The van der Waals surface area contributed by atoms with Crippen LogP contribution in [0.2, 0.25) is 0 Å². The molecule has 9 heteroatoms. The van der Waals surface area contributed by atoms with Crippen LogP contribution in [0.1, 0.15) is 174 Å². The van der Waals surface area contributed by atoms with E-state index >= 15 is 0 Å². The van der Waals surface area contributed by atoms with Crippen LogP contribution in [-0.4, -0.2) is 87.5 Å². The second-order valence-electron chi connectivity index (χ2n) is 14.1. The van der Waals surface area contributed by atoms with Gasteiger partial charge in [0, 0.05) is 6.42 Å². The molecule has 1 fully saturated rings. The summed E-state index contributed by atoms with van der Waals surface area (Å²) in [6, 6.07) is -0.716. The molecule has 48 heavy (non-hydrogen) atoms. The minimum absolute atomic E-state index is 0.139. The molecule has 1 aliphatic heterocycles. The molecule has 7 atom stereocenters. The lowest BCUT2D eigenvalue weighted by molar-refractivity contribution is -0.302. The molecule has 1 saturated heterocycles. The third-order valence-corrected chi connectivity index (χ3v) is 9.62. The van der Waals surface area contributed by atoms with Crippen molar-refractivity contribution in [2.45, 2.75) is 217 Å². The average molecular weight is 686 g/mol. The molecule has 9 nitrogen and oxygen atoms in total. The van der Waals surface area contributed by atoms with E-state index in [-0.39, 0.29) is 12.5 Å². The maximum absolute atomic E-state index is 12.9. The van der Waals surface area contributed by atoms with Crippen molar-refractivity contribution in [1.29, 1.82) is 0 Å². The van der Waals surface area contributed by atoms with E-state index in [9.17, 15) is 30.3 Å². The summed E-state index contributed by atoms with van der Waals surface area (Å²) in [5.74, 6) is -0.155. The zero-order chi connectivity index (χ0) is 35.2. The highest BCUT2D eigenvalue weighted by Gasteiger charge is 2.44. The van der Waals surface area contributed by atoms with Gasteiger partial charge in [-0.1, -0.05) is 142 Å². The number of aliphatic hydroxyl groups is 5. The number of hydrogen-bond acceptors (Lipinski definition) is 8. The van der Waals surface area contributed by atoms with Crippen LogP contribution in [0, 0.1) is 0 Å². The summed E-state index contributed by atoms with van der Waals surface area (Å²) in [6.45, 7) is 3.79. The summed E-state index contributed by atoms with van der Waals surface area (Å²) >= 11 is 0. The van der Waals surface area contributed by atoms with E-state index in [0.29, 0.717) is 12.8 Å². The van der Waals surface area contributed by atoms with Crippen LogP contribution in [0.4, 0.5) is 0 Å². The van der Waals surface area contributed by atoms with Gasteiger partial charge in [0.15, 0.2) is 6.29 Å². The van der Waals surface area contributed by atoms with Gasteiger partial charge < -0.3 is 40.3 Å². The minimum Gasteiger partial charge on any atom is -0.394 e. The zero-order valence-corrected chi connectivity index (χ0v) is 30.7. The van der Waals surface area contributed by atoms with Crippen molar-refractivity contribution >= 4 is 5.91 Å². The van der Waals surface area contributed by atoms with Crippen molar-refractivity contribution in [1.82, 2.24) is 5.32 Å². The summed E-state index contributed by atoms with van der Waals surface area (Å²) in [4.78, 5) is 12.9. The van der Waals surface area contributed by atoms with E-state index in [1.807, 2.05) is 0 Å². The number of rotatable bonds is 32. The molecule has 1 rings (SSSR count). The number of allylic oxidation sites excluding steroid dienone is 2. The summed E-state index contributed by atoms with van der Waals surface area (Å²) in [5.41, 5.74) is 0. The van der Waals surface area contributed by atoms with Crippen LogP contribution in [0.25, 0.3) is 0 Å². The zero-order valence-electron chi connectivity index (χ0n) is 30.7. The first kappa shape index (κ1) is 45.0. The molecule has 1 heterocycles. The lowest BCUT2D eigenvalue weighted by Crippen LogP contribution is -2.60. The third-order valence-electron chi connectivity index (χ3n) is 9.62. The van der Waals surface area contributed by atoms with Gasteiger partial charge in [0.05, 0.1) is 25.4 Å². The predicted molar refractivity (Wildman–Crippen MR) is 194 cm³/mol. The fourth-order valence-electron chi connectivity index (χ4n) is 6.33. The normalized spacial score (nSPS) is 22.7. The van der Waals surface area contributed by atoms with Crippen LogP contribution in [0.15, 0.2) is 12.2 Å². The Bertz CT molecular complexity index is 766. The van der Waals surface area contributed by atoms with Gasteiger partial charge in [0.25, 0.3) is 0 Å². The number of carbonyl (C=O) groups excluding carboxylic acids is 1. The van der Waals surface area contributed by atoms with Crippen LogP contribution >= 0.6 is 0 Å². The number of hydrogen-bond donors (Lipinski definition) is 6. The summed E-state index contributed by atoms with van der Waals surface area (Å²) in [6.07, 6.45) is 25.0. The average Bonchev–Trinajstić information content (AvgIpc) is 3.08. The molecule has 0 bridgehead atoms. The van der Waals surface area contributed by atoms with Gasteiger partial charge in [0.1, 0.15) is 24.4 Å². The smallest absolute Gasteiger partial charge is 0.220 e. The Morgan fingerprint density at radius 1 is 0.688 bits per heavy atom. The summed E-state index contributed by atoms with van der Waals surface area (Å²) in [5, 5.41) is 54.0. The Morgan fingerprint density at radius 3 is 1.69 bits per heavy atom. The first-order chi connectivity index (χ1) is 23.3. The van der Waals surface area contributed by atoms with Crippen LogP contribution < -0.4 is 5.32 Å². The maximum Gasteiger partial charge on any atom is 0.220 e. The Morgan fingerprint density at radius 2 is 1.17 bits per heavy atom. The molecule has 0 aromatic rings. The van der Waals surface area contributed by atoms with Crippen LogP contribution in [0.5, 0.6) is 0 Å². The van der Waals surface area contributed by atoms with Gasteiger partial charge in [-0.25, -0.2) is 0 Å². The molecular formula is C39H75NO8. The SMILES string of the molecule is CCCCCCCC/C=C\CCCCCCCC(=O)NC(COC1OC(CO)C(O)C(O)C1O)C(O)CCCCCCCCCCCC. The molecular weight excluding hydrogens is 610 g/mol. The Hall–Kier alpha value is -1.07. The molecule has 6 N–H and O–H groups in total. The molecule has 284 valence electrons. The van der Waals surface area contributed by atoms with Gasteiger partial charge in [-0.05, 0) is 38.5 Å². The third kappa shape index (κ3) is 21.9. The van der Waals surface area contributed by atoms with Gasteiger partial charge in [-0.15, -0.1) is 0 Å².